The third-order valence-electron chi connectivity index (χ3n) is 3.62. The summed E-state index contributed by atoms with van der Waals surface area (Å²) >= 11 is 0. The van der Waals surface area contributed by atoms with Crippen LogP contribution in [0.2, 0.25) is 0 Å². The van der Waals surface area contributed by atoms with Crippen molar-refractivity contribution < 1.29 is 4.79 Å². The largest absolute Gasteiger partial charge is 0.349 e. The minimum atomic E-state index is -0.125. The number of nitrogens with one attached hydrogen (secondary N) is 1. The van der Waals surface area contributed by atoms with E-state index in [1.807, 2.05) is 13.0 Å². The van der Waals surface area contributed by atoms with E-state index in [0.29, 0.717) is 12.2 Å². The van der Waals surface area contributed by atoms with Crippen molar-refractivity contribution in [1.29, 1.82) is 0 Å². The van der Waals surface area contributed by atoms with Gasteiger partial charge in [-0.2, -0.15) is 0 Å². The second-order valence-electron chi connectivity index (χ2n) is 5.01. The third kappa shape index (κ3) is 3.76. The van der Waals surface area contributed by atoms with Crippen molar-refractivity contribution in [2.45, 2.75) is 20.8 Å². The van der Waals surface area contributed by atoms with Gasteiger partial charge in [-0.05, 0) is 37.7 Å². The molecule has 112 valence electrons. The Balaban J connectivity index is 2.04. The first-order valence-corrected chi connectivity index (χ1v) is 7.37. The van der Waals surface area contributed by atoms with Crippen molar-refractivity contribution in [2.24, 2.45) is 0 Å². The highest BCUT2D eigenvalue weighted by molar-refractivity contribution is 5.95. The maximum Gasteiger partial charge on any atom is 0.269 e. The molecule has 5 heteroatoms. The van der Waals surface area contributed by atoms with Crippen LogP contribution in [0.25, 0.3) is 10.9 Å². The van der Waals surface area contributed by atoms with Crippen molar-refractivity contribution in [1.82, 2.24) is 20.2 Å². The number of pyridine rings is 2. The minimum absolute atomic E-state index is 0.125. The van der Waals surface area contributed by atoms with Gasteiger partial charge in [-0.25, -0.2) is 4.98 Å². The van der Waals surface area contributed by atoms with Gasteiger partial charge in [-0.3, -0.25) is 9.78 Å². The molecule has 2 aromatic heterocycles. The van der Waals surface area contributed by atoms with E-state index < -0.39 is 0 Å². The summed E-state index contributed by atoms with van der Waals surface area (Å²) in [7, 11) is 0. The summed E-state index contributed by atoms with van der Waals surface area (Å²) in [6.45, 7) is 9.66. The lowest BCUT2D eigenvalue weighted by atomic mass is 10.2. The molecule has 0 unspecified atom stereocenters. The zero-order valence-corrected chi connectivity index (χ0v) is 12.9. The van der Waals surface area contributed by atoms with E-state index in [9.17, 15) is 4.79 Å². The van der Waals surface area contributed by atoms with Crippen molar-refractivity contribution >= 4 is 16.8 Å². The number of carbonyl (C=O) groups is 1. The maximum atomic E-state index is 12.2. The van der Waals surface area contributed by atoms with Gasteiger partial charge in [0.15, 0.2) is 0 Å². The monoisotopic (exact) mass is 286 g/mol. The van der Waals surface area contributed by atoms with Gasteiger partial charge < -0.3 is 10.2 Å². The van der Waals surface area contributed by atoms with Crippen LogP contribution in [0.15, 0.2) is 24.5 Å². The van der Waals surface area contributed by atoms with Gasteiger partial charge in [-0.15, -0.1) is 0 Å². The summed E-state index contributed by atoms with van der Waals surface area (Å²) < 4.78 is 0. The highest BCUT2D eigenvalue weighted by Crippen LogP contribution is 2.14. The second-order valence-corrected chi connectivity index (χ2v) is 5.01. The van der Waals surface area contributed by atoms with Gasteiger partial charge >= 0.3 is 0 Å². The van der Waals surface area contributed by atoms with Gasteiger partial charge in [0.25, 0.3) is 5.91 Å². The van der Waals surface area contributed by atoms with Gasteiger partial charge in [0.05, 0.1) is 5.52 Å². The number of carbonyl (C=O) groups excluding carboxylic acids is 1. The smallest absolute Gasteiger partial charge is 0.269 e. The summed E-state index contributed by atoms with van der Waals surface area (Å²) in [6.07, 6.45) is 3.52. The summed E-state index contributed by atoms with van der Waals surface area (Å²) in [5.41, 5.74) is 2.27. The maximum absolute atomic E-state index is 12.2. The van der Waals surface area contributed by atoms with E-state index in [4.69, 9.17) is 0 Å². The molecule has 0 aromatic carbocycles. The van der Waals surface area contributed by atoms with Crippen LogP contribution >= 0.6 is 0 Å². The molecule has 0 bridgehead atoms. The molecule has 0 fully saturated rings. The first kappa shape index (κ1) is 15.4. The van der Waals surface area contributed by atoms with Gasteiger partial charge in [0.1, 0.15) is 5.69 Å². The third-order valence-corrected chi connectivity index (χ3v) is 3.62. The predicted octanol–water partition coefficient (Wildman–Crippen LogP) is 2.01. The number of hydrogen-bond acceptors (Lipinski definition) is 4. The van der Waals surface area contributed by atoms with Crippen molar-refractivity contribution in [3.8, 4) is 0 Å². The van der Waals surface area contributed by atoms with E-state index in [1.165, 1.54) is 0 Å². The van der Waals surface area contributed by atoms with Crippen LogP contribution in [0, 0.1) is 6.92 Å². The van der Waals surface area contributed by atoms with Crippen molar-refractivity contribution in [3.05, 3.63) is 35.8 Å². The highest BCUT2D eigenvalue weighted by atomic mass is 16.1. The first-order valence-electron chi connectivity index (χ1n) is 7.37. The number of aryl methyl sites for hydroxylation is 1. The lowest BCUT2D eigenvalue weighted by Gasteiger charge is -2.17. The Labute approximate surface area is 125 Å². The van der Waals surface area contributed by atoms with E-state index in [0.717, 1.165) is 36.1 Å². The molecule has 1 amide bonds. The standard InChI is InChI=1S/C16H22N4O/c1-4-20(5-2)9-8-18-16(21)14-7-6-13-11-17-10-12(3)15(13)19-14/h6-7,10-11H,4-5,8-9H2,1-3H3,(H,18,21). The Morgan fingerprint density at radius 3 is 2.71 bits per heavy atom. The fourth-order valence-electron chi connectivity index (χ4n) is 2.26. The van der Waals surface area contributed by atoms with Crippen molar-refractivity contribution in [3.63, 3.8) is 0 Å². The molecule has 21 heavy (non-hydrogen) atoms. The molecule has 0 aliphatic carbocycles. The Kier molecular flexibility index (Phi) is 5.22. The fraction of sp³-hybridized carbons (Fsp3) is 0.438. The minimum Gasteiger partial charge on any atom is -0.349 e. The molecule has 0 saturated carbocycles. The van der Waals surface area contributed by atoms with Crippen LogP contribution in [0.4, 0.5) is 0 Å². The van der Waals surface area contributed by atoms with Gasteiger partial charge in [0.2, 0.25) is 0 Å². The van der Waals surface area contributed by atoms with E-state index in [-0.39, 0.29) is 5.91 Å². The first-order chi connectivity index (χ1) is 10.2. The van der Waals surface area contributed by atoms with E-state index >= 15 is 0 Å². The van der Waals surface area contributed by atoms with Crippen molar-refractivity contribution in [2.75, 3.05) is 26.2 Å². The molecule has 0 saturated heterocycles. The van der Waals surface area contributed by atoms with Gasteiger partial charge in [-0.1, -0.05) is 13.8 Å². The van der Waals surface area contributed by atoms with Crippen LogP contribution in [0.5, 0.6) is 0 Å². The molecule has 1 N–H and O–H groups in total. The Hall–Kier alpha value is -2.01. The van der Waals surface area contributed by atoms with Crippen LogP contribution in [-0.4, -0.2) is 47.0 Å². The second kappa shape index (κ2) is 7.13. The molecule has 2 aromatic rings. The normalized spacial score (nSPS) is 11.0. The molecule has 0 aliphatic heterocycles. The lowest BCUT2D eigenvalue weighted by molar-refractivity contribution is 0.0944. The molecule has 0 spiro atoms. The average molecular weight is 286 g/mol. The van der Waals surface area contributed by atoms with E-state index in [2.05, 4.69) is 34.0 Å². The lowest BCUT2D eigenvalue weighted by Crippen LogP contribution is -2.35. The number of likely N-dealkylation sites (N-methyl/N-ethyl adjacent to an activating group) is 1. The fourth-order valence-corrected chi connectivity index (χ4v) is 2.26. The Morgan fingerprint density at radius 2 is 2.00 bits per heavy atom. The summed E-state index contributed by atoms with van der Waals surface area (Å²) in [5, 5.41) is 3.88. The topological polar surface area (TPSA) is 58.1 Å². The number of nitrogens with zero attached hydrogens (tertiary/aromatic N) is 3. The summed E-state index contributed by atoms with van der Waals surface area (Å²) in [5.74, 6) is -0.125. The molecule has 0 atom stereocenters. The highest BCUT2D eigenvalue weighted by Gasteiger charge is 2.09. The molecule has 0 radical (unpaired) electrons. The van der Waals surface area contributed by atoms with Gasteiger partial charge in [0, 0.05) is 30.9 Å². The average Bonchev–Trinajstić information content (AvgIpc) is 2.51. The number of hydrogen-bond donors (Lipinski definition) is 1. The Bertz CT molecular complexity index is 623. The Morgan fingerprint density at radius 1 is 1.24 bits per heavy atom. The number of rotatable bonds is 6. The van der Waals surface area contributed by atoms with Crippen LogP contribution < -0.4 is 5.32 Å². The molecule has 5 nitrogen and oxygen atoms in total. The quantitative estimate of drug-likeness (QED) is 0.882. The molecular weight excluding hydrogens is 264 g/mol. The SMILES string of the molecule is CCN(CC)CCNC(=O)c1ccc2cncc(C)c2n1. The number of amides is 1. The van der Waals surface area contributed by atoms with Crippen LogP contribution in [0.1, 0.15) is 29.9 Å². The molecule has 2 rings (SSSR count). The summed E-state index contributed by atoms with van der Waals surface area (Å²) in [4.78, 5) is 23.0. The molecule has 2 heterocycles. The zero-order chi connectivity index (χ0) is 15.2. The number of aromatic nitrogens is 2. The zero-order valence-electron chi connectivity index (χ0n) is 12.9. The molecular formula is C16H22N4O. The summed E-state index contributed by atoms with van der Waals surface area (Å²) in [6, 6.07) is 3.64. The van der Waals surface area contributed by atoms with Crippen LogP contribution in [-0.2, 0) is 0 Å². The van der Waals surface area contributed by atoms with E-state index in [1.54, 1.807) is 18.5 Å². The van der Waals surface area contributed by atoms with Crippen LogP contribution in [0.3, 0.4) is 0 Å². The molecule has 0 aliphatic rings. The predicted molar refractivity (Wildman–Crippen MR) is 84.4 cm³/mol. The number of fused-ring (bicyclic) bond motifs is 1.